The molecule has 168 valence electrons. The number of nitrogens with one attached hydrogen (secondary N) is 2. The monoisotopic (exact) mass is 538 g/mol. The van der Waals surface area contributed by atoms with Gasteiger partial charge in [-0.3, -0.25) is 9.79 Å². The molecule has 7 heteroatoms. The first-order valence-corrected chi connectivity index (χ1v) is 10.6. The SMILES string of the molecule is CCN(CC)C(=O)c1ccc(CNC(=NC)NCC2(c3cccc(F)c3)CC2)cc1.I. The molecule has 0 atom stereocenters. The van der Waals surface area contributed by atoms with Crippen molar-refractivity contribution in [3.8, 4) is 0 Å². The Bertz CT molecular complexity index is 893. The fourth-order valence-electron chi connectivity index (χ4n) is 3.65. The first kappa shape index (κ1) is 25.1. The van der Waals surface area contributed by atoms with Crippen molar-refractivity contribution in [2.75, 3.05) is 26.7 Å². The van der Waals surface area contributed by atoms with E-state index in [0.717, 1.165) is 24.0 Å². The Hall–Kier alpha value is -2.16. The summed E-state index contributed by atoms with van der Waals surface area (Å²) in [5, 5.41) is 6.69. The van der Waals surface area contributed by atoms with E-state index in [0.29, 0.717) is 37.7 Å². The summed E-state index contributed by atoms with van der Waals surface area (Å²) in [7, 11) is 1.74. The molecule has 1 aliphatic rings. The van der Waals surface area contributed by atoms with Crippen molar-refractivity contribution in [3.63, 3.8) is 0 Å². The lowest BCUT2D eigenvalue weighted by Gasteiger charge is -2.20. The standard InChI is InChI=1S/C24H31FN4O.HI/c1-4-29(5-2)22(30)19-11-9-18(10-12-19)16-27-23(26-3)28-17-24(13-14-24)20-7-6-8-21(25)15-20;/h6-12,15H,4-5,13-14,16-17H2,1-3H3,(H2,26,27,28);1H. The van der Waals surface area contributed by atoms with Crippen molar-refractivity contribution in [3.05, 3.63) is 71.0 Å². The van der Waals surface area contributed by atoms with Crippen molar-refractivity contribution in [2.45, 2.75) is 38.6 Å². The highest BCUT2D eigenvalue weighted by Crippen LogP contribution is 2.47. The van der Waals surface area contributed by atoms with E-state index in [9.17, 15) is 9.18 Å². The van der Waals surface area contributed by atoms with E-state index < -0.39 is 0 Å². The molecular formula is C24H32FIN4O. The van der Waals surface area contributed by atoms with Crippen molar-refractivity contribution < 1.29 is 9.18 Å². The highest BCUT2D eigenvalue weighted by Gasteiger charge is 2.44. The molecule has 0 heterocycles. The number of hydrogen-bond donors (Lipinski definition) is 2. The molecule has 2 aromatic carbocycles. The zero-order valence-corrected chi connectivity index (χ0v) is 20.8. The first-order valence-electron chi connectivity index (χ1n) is 10.6. The molecule has 1 saturated carbocycles. The lowest BCUT2D eigenvalue weighted by atomic mass is 9.96. The molecule has 0 radical (unpaired) electrons. The number of benzene rings is 2. The van der Waals surface area contributed by atoms with Gasteiger partial charge in [0, 0.05) is 44.2 Å². The second kappa shape index (κ2) is 11.5. The topological polar surface area (TPSA) is 56.7 Å². The second-order valence-corrected chi connectivity index (χ2v) is 7.74. The summed E-state index contributed by atoms with van der Waals surface area (Å²) in [4.78, 5) is 18.5. The van der Waals surface area contributed by atoms with E-state index in [1.54, 1.807) is 19.2 Å². The summed E-state index contributed by atoms with van der Waals surface area (Å²) < 4.78 is 13.6. The molecule has 31 heavy (non-hydrogen) atoms. The Morgan fingerprint density at radius 1 is 1.10 bits per heavy atom. The van der Waals surface area contributed by atoms with Gasteiger partial charge in [0.05, 0.1) is 0 Å². The number of guanidine groups is 1. The average Bonchev–Trinajstić information content (AvgIpc) is 3.56. The molecule has 1 aliphatic carbocycles. The second-order valence-electron chi connectivity index (χ2n) is 7.74. The van der Waals surface area contributed by atoms with Gasteiger partial charge in [0.2, 0.25) is 0 Å². The first-order chi connectivity index (χ1) is 14.5. The van der Waals surface area contributed by atoms with Gasteiger partial charge in [0.15, 0.2) is 5.96 Å². The summed E-state index contributed by atoms with van der Waals surface area (Å²) >= 11 is 0. The minimum atomic E-state index is -0.191. The van der Waals surface area contributed by atoms with Crippen molar-refractivity contribution in [1.82, 2.24) is 15.5 Å². The predicted molar refractivity (Wildman–Crippen MR) is 135 cm³/mol. The van der Waals surface area contributed by atoms with Gasteiger partial charge in [-0.25, -0.2) is 4.39 Å². The molecule has 0 aromatic heterocycles. The zero-order valence-electron chi connectivity index (χ0n) is 18.5. The number of aliphatic imine (C=N–C) groups is 1. The Kier molecular flexibility index (Phi) is 9.28. The van der Waals surface area contributed by atoms with Crippen molar-refractivity contribution in [1.29, 1.82) is 0 Å². The zero-order chi connectivity index (χ0) is 21.6. The third-order valence-corrected chi connectivity index (χ3v) is 5.82. The van der Waals surface area contributed by atoms with E-state index in [1.807, 2.05) is 49.1 Å². The van der Waals surface area contributed by atoms with Crippen LogP contribution in [0.4, 0.5) is 4.39 Å². The number of carbonyl (C=O) groups is 1. The molecule has 0 spiro atoms. The highest BCUT2D eigenvalue weighted by atomic mass is 127. The molecule has 2 N–H and O–H groups in total. The Labute approximate surface area is 201 Å². The van der Waals surface area contributed by atoms with Crippen LogP contribution in [0.2, 0.25) is 0 Å². The van der Waals surface area contributed by atoms with Gasteiger partial charge in [0.25, 0.3) is 5.91 Å². The molecule has 1 fully saturated rings. The molecule has 0 bridgehead atoms. The number of halogens is 2. The van der Waals surface area contributed by atoms with Crippen LogP contribution in [0.15, 0.2) is 53.5 Å². The highest BCUT2D eigenvalue weighted by molar-refractivity contribution is 14.0. The lowest BCUT2D eigenvalue weighted by Crippen LogP contribution is -2.40. The van der Waals surface area contributed by atoms with Crippen molar-refractivity contribution in [2.24, 2.45) is 4.99 Å². The van der Waals surface area contributed by atoms with Crippen LogP contribution in [0.5, 0.6) is 0 Å². The fraction of sp³-hybridized carbons (Fsp3) is 0.417. The number of carbonyl (C=O) groups excluding carboxylic acids is 1. The maximum atomic E-state index is 13.6. The largest absolute Gasteiger partial charge is 0.356 e. The van der Waals surface area contributed by atoms with Gasteiger partial charge in [0.1, 0.15) is 5.82 Å². The molecule has 1 amide bonds. The maximum absolute atomic E-state index is 13.6. The van der Waals surface area contributed by atoms with Crippen LogP contribution in [0.25, 0.3) is 0 Å². The van der Waals surface area contributed by atoms with Crippen LogP contribution in [0, 0.1) is 5.82 Å². The van der Waals surface area contributed by atoms with E-state index in [2.05, 4.69) is 15.6 Å². The average molecular weight is 538 g/mol. The number of amides is 1. The van der Waals surface area contributed by atoms with E-state index in [4.69, 9.17) is 0 Å². The minimum absolute atomic E-state index is 0. The Morgan fingerprint density at radius 3 is 2.32 bits per heavy atom. The normalized spacial score (nSPS) is 14.4. The van der Waals surface area contributed by atoms with Gasteiger partial charge in [-0.2, -0.15) is 0 Å². The fourth-order valence-corrected chi connectivity index (χ4v) is 3.65. The van der Waals surface area contributed by atoms with Crippen LogP contribution < -0.4 is 10.6 Å². The molecule has 0 saturated heterocycles. The molecule has 2 aromatic rings. The minimum Gasteiger partial charge on any atom is -0.356 e. The van der Waals surface area contributed by atoms with Crippen LogP contribution in [-0.4, -0.2) is 43.4 Å². The third kappa shape index (κ3) is 6.41. The molecule has 0 unspecified atom stereocenters. The van der Waals surface area contributed by atoms with Crippen LogP contribution >= 0.6 is 24.0 Å². The summed E-state index contributed by atoms with van der Waals surface area (Å²) in [6.07, 6.45) is 2.09. The summed E-state index contributed by atoms with van der Waals surface area (Å²) in [5.41, 5.74) is 2.81. The summed E-state index contributed by atoms with van der Waals surface area (Å²) in [6, 6.07) is 14.5. The van der Waals surface area contributed by atoms with E-state index in [-0.39, 0.29) is 41.1 Å². The van der Waals surface area contributed by atoms with Gasteiger partial charge in [-0.15, -0.1) is 24.0 Å². The molecule has 0 aliphatic heterocycles. The molecule has 3 rings (SSSR count). The van der Waals surface area contributed by atoms with E-state index in [1.165, 1.54) is 6.07 Å². The van der Waals surface area contributed by atoms with Gasteiger partial charge in [-0.1, -0.05) is 24.3 Å². The molecular weight excluding hydrogens is 506 g/mol. The number of rotatable bonds is 8. The maximum Gasteiger partial charge on any atom is 0.253 e. The number of hydrogen-bond acceptors (Lipinski definition) is 2. The van der Waals surface area contributed by atoms with Gasteiger partial charge in [-0.05, 0) is 62.1 Å². The predicted octanol–water partition coefficient (Wildman–Crippen LogP) is 4.32. The van der Waals surface area contributed by atoms with Gasteiger partial charge < -0.3 is 15.5 Å². The quantitative estimate of drug-likeness (QED) is 0.299. The Morgan fingerprint density at radius 2 is 1.77 bits per heavy atom. The van der Waals surface area contributed by atoms with Crippen LogP contribution in [0.3, 0.4) is 0 Å². The van der Waals surface area contributed by atoms with Crippen molar-refractivity contribution >= 4 is 35.8 Å². The van der Waals surface area contributed by atoms with Crippen LogP contribution in [0.1, 0.15) is 48.2 Å². The van der Waals surface area contributed by atoms with Crippen LogP contribution in [-0.2, 0) is 12.0 Å². The molecule has 5 nitrogen and oxygen atoms in total. The smallest absolute Gasteiger partial charge is 0.253 e. The third-order valence-electron chi connectivity index (χ3n) is 5.82. The summed E-state index contributed by atoms with van der Waals surface area (Å²) in [6.45, 7) is 6.70. The summed E-state index contributed by atoms with van der Waals surface area (Å²) in [5.74, 6) is 0.578. The Balaban J connectivity index is 0.00000341. The lowest BCUT2D eigenvalue weighted by molar-refractivity contribution is 0.0773. The van der Waals surface area contributed by atoms with Gasteiger partial charge >= 0.3 is 0 Å². The van der Waals surface area contributed by atoms with E-state index >= 15 is 0 Å². The number of nitrogens with zero attached hydrogens (tertiary/aromatic N) is 2.